The predicted molar refractivity (Wildman–Crippen MR) is 74.8 cm³/mol. The molecular weight excluding hydrogens is 310 g/mol. The van der Waals surface area contributed by atoms with E-state index in [1.54, 1.807) is 49.8 Å². The van der Waals surface area contributed by atoms with Gasteiger partial charge in [-0.25, -0.2) is 0 Å². The molecule has 0 atom stereocenters. The van der Waals surface area contributed by atoms with Gasteiger partial charge in [0.1, 0.15) is 11.5 Å². The van der Waals surface area contributed by atoms with Gasteiger partial charge in [0, 0.05) is 16.2 Å². The molecule has 2 rings (SSSR count). The molecule has 4 nitrogen and oxygen atoms in total. The summed E-state index contributed by atoms with van der Waals surface area (Å²) in [5.74, 6) is 1.17. The summed E-state index contributed by atoms with van der Waals surface area (Å²) < 4.78 is 11.2. The summed E-state index contributed by atoms with van der Waals surface area (Å²) in [5.41, 5.74) is 0.587. The highest BCUT2D eigenvalue weighted by atomic mass is 79.9. The Balaban J connectivity index is 1.97. The third-order valence-corrected chi connectivity index (χ3v) is 2.90. The Morgan fingerprint density at radius 3 is 2.58 bits per heavy atom. The third-order valence-electron chi connectivity index (χ3n) is 2.46. The first-order valence-corrected chi connectivity index (χ1v) is 6.39. The SMILES string of the molecule is COc1ccc(C(=O)COc2cncc(Br)c2)cc1. The molecule has 0 aliphatic rings. The highest BCUT2D eigenvalue weighted by Crippen LogP contribution is 2.16. The minimum Gasteiger partial charge on any atom is -0.497 e. The van der Waals surface area contributed by atoms with Gasteiger partial charge in [0.25, 0.3) is 0 Å². The lowest BCUT2D eigenvalue weighted by atomic mass is 10.1. The van der Waals surface area contributed by atoms with E-state index in [0.29, 0.717) is 17.1 Å². The highest BCUT2D eigenvalue weighted by Gasteiger charge is 2.07. The zero-order chi connectivity index (χ0) is 13.7. The van der Waals surface area contributed by atoms with Gasteiger partial charge in [0.15, 0.2) is 12.4 Å². The van der Waals surface area contributed by atoms with Crippen molar-refractivity contribution in [1.82, 2.24) is 4.98 Å². The van der Waals surface area contributed by atoms with Crippen molar-refractivity contribution in [3.63, 3.8) is 0 Å². The van der Waals surface area contributed by atoms with E-state index in [1.165, 1.54) is 0 Å². The van der Waals surface area contributed by atoms with E-state index in [9.17, 15) is 4.79 Å². The van der Waals surface area contributed by atoms with Gasteiger partial charge in [-0.1, -0.05) is 0 Å². The molecule has 0 saturated carbocycles. The van der Waals surface area contributed by atoms with Crippen LogP contribution in [0.25, 0.3) is 0 Å². The number of ether oxygens (including phenoxy) is 2. The van der Waals surface area contributed by atoms with Gasteiger partial charge >= 0.3 is 0 Å². The maximum absolute atomic E-state index is 11.9. The van der Waals surface area contributed by atoms with E-state index in [4.69, 9.17) is 9.47 Å². The lowest BCUT2D eigenvalue weighted by Gasteiger charge is -2.06. The second kappa shape index (κ2) is 6.33. The van der Waals surface area contributed by atoms with Crippen molar-refractivity contribution in [2.24, 2.45) is 0 Å². The molecule has 1 aromatic heterocycles. The first-order chi connectivity index (χ1) is 9.19. The zero-order valence-corrected chi connectivity index (χ0v) is 11.9. The topological polar surface area (TPSA) is 48.4 Å². The number of carbonyl (C=O) groups excluding carboxylic acids is 1. The van der Waals surface area contributed by atoms with Gasteiger partial charge in [0.05, 0.1) is 13.3 Å². The van der Waals surface area contributed by atoms with E-state index in [-0.39, 0.29) is 12.4 Å². The molecule has 98 valence electrons. The number of aromatic nitrogens is 1. The van der Waals surface area contributed by atoms with Crippen molar-refractivity contribution in [2.75, 3.05) is 13.7 Å². The van der Waals surface area contributed by atoms with Crippen LogP contribution in [0.5, 0.6) is 11.5 Å². The fraction of sp³-hybridized carbons (Fsp3) is 0.143. The lowest BCUT2D eigenvalue weighted by Crippen LogP contribution is -2.11. The standard InChI is InChI=1S/C14H12BrNO3/c1-18-12-4-2-10(3-5-12)14(17)9-19-13-6-11(15)7-16-8-13/h2-8H,9H2,1H3. The summed E-state index contributed by atoms with van der Waals surface area (Å²) in [5, 5.41) is 0. The largest absolute Gasteiger partial charge is 0.497 e. The smallest absolute Gasteiger partial charge is 0.200 e. The number of halogens is 1. The van der Waals surface area contributed by atoms with Gasteiger partial charge in [-0.15, -0.1) is 0 Å². The van der Waals surface area contributed by atoms with E-state index in [1.807, 2.05) is 0 Å². The first-order valence-electron chi connectivity index (χ1n) is 5.59. The fourth-order valence-corrected chi connectivity index (χ4v) is 1.82. The minimum atomic E-state index is -0.0948. The minimum absolute atomic E-state index is 0.0234. The van der Waals surface area contributed by atoms with Crippen LogP contribution in [0.15, 0.2) is 47.2 Å². The van der Waals surface area contributed by atoms with Crippen molar-refractivity contribution in [2.45, 2.75) is 0 Å². The summed E-state index contributed by atoms with van der Waals surface area (Å²) >= 11 is 3.29. The monoisotopic (exact) mass is 321 g/mol. The second-order valence-corrected chi connectivity index (χ2v) is 4.69. The molecule has 0 bridgehead atoms. The maximum Gasteiger partial charge on any atom is 0.200 e. The molecule has 0 aliphatic heterocycles. The van der Waals surface area contributed by atoms with Crippen LogP contribution in [0.4, 0.5) is 0 Å². The molecule has 0 amide bonds. The first kappa shape index (κ1) is 13.5. The molecule has 1 aromatic carbocycles. The number of methoxy groups -OCH3 is 1. The van der Waals surface area contributed by atoms with Crippen molar-refractivity contribution in [1.29, 1.82) is 0 Å². The number of ketones is 1. The average Bonchev–Trinajstić information content (AvgIpc) is 2.45. The third kappa shape index (κ3) is 3.79. The number of benzene rings is 1. The number of hydrogen-bond acceptors (Lipinski definition) is 4. The van der Waals surface area contributed by atoms with Crippen LogP contribution in [0.1, 0.15) is 10.4 Å². The fourth-order valence-electron chi connectivity index (χ4n) is 1.48. The molecule has 0 unspecified atom stereocenters. The molecule has 0 N–H and O–H groups in total. The number of pyridine rings is 1. The van der Waals surface area contributed by atoms with Crippen LogP contribution < -0.4 is 9.47 Å². The lowest BCUT2D eigenvalue weighted by molar-refractivity contribution is 0.0921. The number of Topliss-reactive ketones (excluding diaryl/α,β-unsaturated/α-hetero) is 1. The van der Waals surface area contributed by atoms with Crippen molar-refractivity contribution in [3.8, 4) is 11.5 Å². The van der Waals surface area contributed by atoms with E-state index < -0.39 is 0 Å². The molecule has 2 aromatic rings. The molecule has 0 radical (unpaired) electrons. The Kier molecular flexibility index (Phi) is 4.52. The van der Waals surface area contributed by atoms with E-state index in [2.05, 4.69) is 20.9 Å². The van der Waals surface area contributed by atoms with Crippen LogP contribution in [-0.4, -0.2) is 24.5 Å². The summed E-state index contributed by atoms with van der Waals surface area (Å²) in [6, 6.07) is 8.67. The molecule has 1 heterocycles. The number of rotatable bonds is 5. The maximum atomic E-state index is 11.9. The molecule has 0 aliphatic carbocycles. The molecule has 0 fully saturated rings. The molecular formula is C14H12BrNO3. The Morgan fingerprint density at radius 1 is 1.21 bits per heavy atom. The van der Waals surface area contributed by atoms with Crippen LogP contribution in [0.3, 0.4) is 0 Å². The van der Waals surface area contributed by atoms with Gasteiger partial charge in [-0.3, -0.25) is 9.78 Å². The molecule has 0 spiro atoms. The Hall–Kier alpha value is -1.88. The Labute approximate surface area is 119 Å². The zero-order valence-electron chi connectivity index (χ0n) is 10.3. The summed E-state index contributed by atoms with van der Waals surface area (Å²) in [7, 11) is 1.58. The van der Waals surface area contributed by atoms with E-state index >= 15 is 0 Å². The quantitative estimate of drug-likeness (QED) is 0.794. The average molecular weight is 322 g/mol. The predicted octanol–water partition coefficient (Wildman–Crippen LogP) is 3.11. The van der Waals surface area contributed by atoms with Crippen molar-refractivity contribution < 1.29 is 14.3 Å². The summed E-state index contributed by atoms with van der Waals surface area (Å²) in [6.45, 7) is -0.0234. The van der Waals surface area contributed by atoms with Crippen molar-refractivity contribution in [3.05, 3.63) is 52.8 Å². The van der Waals surface area contributed by atoms with Gasteiger partial charge in [-0.05, 0) is 46.3 Å². The molecule has 0 saturated heterocycles. The van der Waals surface area contributed by atoms with Crippen molar-refractivity contribution >= 4 is 21.7 Å². The Morgan fingerprint density at radius 2 is 1.95 bits per heavy atom. The van der Waals surface area contributed by atoms with Gasteiger partial charge < -0.3 is 9.47 Å². The van der Waals surface area contributed by atoms with Gasteiger partial charge in [-0.2, -0.15) is 0 Å². The summed E-state index contributed by atoms with van der Waals surface area (Å²) in [6.07, 6.45) is 3.21. The number of hydrogen-bond donors (Lipinski definition) is 0. The second-order valence-electron chi connectivity index (χ2n) is 3.78. The van der Waals surface area contributed by atoms with Crippen LogP contribution in [-0.2, 0) is 0 Å². The Bertz CT molecular complexity index is 569. The number of carbonyl (C=O) groups is 1. The van der Waals surface area contributed by atoms with Crippen LogP contribution in [0, 0.1) is 0 Å². The van der Waals surface area contributed by atoms with Crippen LogP contribution >= 0.6 is 15.9 Å². The normalized spacial score (nSPS) is 10.0. The molecule has 19 heavy (non-hydrogen) atoms. The molecule has 5 heteroatoms. The van der Waals surface area contributed by atoms with Gasteiger partial charge in [0.2, 0.25) is 0 Å². The van der Waals surface area contributed by atoms with Crippen LogP contribution in [0.2, 0.25) is 0 Å². The van der Waals surface area contributed by atoms with E-state index in [0.717, 1.165) is 4.47 Å². The summed E-state index contributed by atoms with van der Waals surface area (Å²) in [4.78, 5) is 15.9. The highest BCUT2D eigenvalue weighted by molar-refractivity contribution is 9.10. The number of nitrogens with zero attached hydrogens (tertiary/aromatic N) is 1.